The van der Waals surface area contributed by atoms with Crippen LogP contribution in [-0.2, 0) is 11.0 Å². The van der Waals surface area contributed by atoms with E-state index >= 15 is 0 Å². The van der Waals surface area contributed by atoms with Gasteiger partial charge in [-0.15, -0.1) is 0 Å². The van der Waals surface area contributed by atoms with Crippen molar-refractivity contribution in [3.05, 3.63) is 42.0 Å². The summed E-state index contributed by atoms with van der Waals surface area (Å²) in [5.74, 6) is -0.0543. The van der Waals surface area contributed by atoms with Crippen molar-refractivity contribution in [1.82, 2.24) is 19.8 Å². The molecule has 8 heteroatoms. The zero-order valence-corrected chi connectivity index (χ0v) is 20.3. The van der Waals surface area contributed by atoms with Crippen molar-refractivity contribution in [2.75, 3.05) is 27.2 Å². The standard InChI is InChI=1S/C25H34N4O3S/c1-28(2)25(31)29-16-14-19(15-17-29)27-33(32)23-13-12-22(20-10-6-7-11-21(20)23)24(30)26-18-8-4-3-5-9-18/h6-7,10-13,18-19,27H,3-5,8-9,14-17H2,1-2H3,(H,26,30). The Kier molecular flexibility index (Phi) is 7.65. The van der Waals surface area contributed by atoms with Crippen LogP contribution < -0.4 is 10.0 Å². The lowest BCUT2D eigenvalue weighted by Crippen LogP contribution is -2.48. The summed E-state index contributed by atoms with van der Waals surface area (Å²) in [4.78, 5) is 29.3. The third-order valence-corrected chi connectivity index (χ3v) is 7.99. The normalized spacial score (nSPS) is 18.8. The van der Waals surface area contributed by atoms with Gasteiger partial charge in [0.25, 0.3) is 5.91 Å². The summed E-state index contributed by atoms with van der Waals surface area (Å²) in [5.41, 5.74) is 0.632. The fraction of sp³-hybridized carbons (Fsp3) is 0.520. The number of fused-ring (bicyclic) bond motifs is 1. The molecule has 2 aromatic carbocycles. The summed E-state index contributed by atoms with van der Waals surface area (Å²) in [5, 5.41) is 4.85. The first-order valence-electron chi connectivity index (χ1n) is 11.9. The number of nitrogens with one attached hydrogen (secondary N) is 2. The maximum Gasteiger partial charge on any atom is 0.319 e. The van der Waals surface area contributed by atoms with Gasteiger partial charge in [-0.3, -0.25) is 4.79 Å². The quantitative estimate of drug-likeness (QED) is 0.700. The molecule has 0 bridgehead atoms. The van der Waals surface area contributed by atoms with Gasteiger partial charge in [-0.25, -0.2) is 13.7 Å². The van der Waals surface area contributed by atoms with Gasteiger partial charge in [0.1, 0.15) is 11.0 Å². The maximum absolute atomic E-state index is 13.3. The van der Waals surface area contributed by atoms with Crippen molar-refractivity contribution in [2.24, 2.45) is 0 Å². The lowest BCUT2D eigenvalue weighted by Gasteiger charge is -2.33. The van der Waals surface area contributed by atoms with Crippen LogP contribution in [0.15, 0.2) is 41.3 Å². The van der Waals surface area contributed by atoms with Gasteiger partial charge in [0.15, 0.2) is 0 Å². The minimum Gasteiger partial charge on any atom is -0.349 e. The number of benzene rings is 2. The maximum atomic E-state index is 13.3. The average Bonchev–Trinajstić information content (AvgIpc) is 2.83. The zero-order chi connectivity index (χ0) is 23.4. The molecule has 33 heavy (non-hydrogen) atoms. The van der Waals surface area contributed by atoms with Crippen LogP contribution in [-0.4, -0.2) is 65.2 Å². The van der Waals surface area contributed by atoms with Crippen LogP contribution in [0, 0.1) is 0 Å². The molecule has 1 aliphatic carbocycles. The number of rotatable bonds is 5. The molecule has 1 unspecified atom stereocenters. The summed E-state index contributed by atoms with van der Waals surface area (Å²) in [6.07, 6.45) is 7.16. The molecule has 2 fully saturated rings. The third kappa shape index (κ3) is 5.55. The Morgan fingerprint density at radius 1 is 0.909 bits per heavy atom. The molecule has 4 rings (SSSR count). The van der Waals surface area contributed by atoms with Gasteiger partial charge in [0, 0.05) is 44.8 Å². The van der Waals surface area contributed by atoms with E-state index in [2.05, 4.69) is 10.0 Å². The van der Waals surface area contributed by atoms with Gasteiger partial charge in [-0.05, 0) is 48.6 Å². The number of amides is 3. The largest absolute Gasteiger partial charge is 0.349 e. The predicted molar refractivity (Wildman–Crippen MR) is 132 cm³/mol. The summed E-state index contributed by atoms with van der Waals surface area (Å²) in [6.45, 7) is 1.29. The highest BCUT2D eigenvalue weighted by atomic mass is 32.2. The lowest BCUT2D eigenvalue weighted by molar-refractivity contribution is 0.0929. The molecule has 178 valence electrons. The summed E-state index contributed by atoms with van der Waals surface area (Å²) in [6, 6.07) is 11.6. The van der Waals surface area contributed by atoms with Crippen LogP contribution in [0.4, 0.5) is 4.79 Å². The highest BCUT2D eigenvalue weighted by Gasteiger charge is 2.26. The number of urea groups is 1. The molecule has 1 aliphatic heterocycles. The van der Waals surface area contributed by atoms with E-state index < -0.39 is 11.0 Å². The second-order valence-electron chi connectivity index (χ2n) is 9.29. The van der Waals surface area contributed by atoms with E-state index in [1.54, 1.807) is 25.1 Å². The monoisotopic (exact) mass is 470 g/mol. The molecule has 3 amide bonds. The predicted octanol–water partition coefficient (Wildman–Crippen LogP) is 3.66. The molecule has 2 N–H and O–H groups in total. The number of nitrogens with zero attached hydrogens (tertiary/aromatic N) is 2. The van der Waals surface area contributed by atoms with E-state index in [0.717, 1.165) is 49.3 Å². The van der Waals surface area contributed by atoms with E-state index in [1.807, 2.05) is 35.2 Å². The molecule has 1 heterocycles. The number of carbonyl (C=O) groups excluding carboxylic acids is 2. The number of hydrogen-bond donors (Lipinski definition) is 2. The number of likely N-dealkylation sites (tertiary alicyclic amines) is 1. The Hall–Kier alpha value is -2.45. The van der Waals surface area contributed by atoms with E-state index in [0.29, 0.717) is 23.5 Å². The third-order valence-electron chi connectivity index (χ3n) is 6.69. The molecule has 0 aromatic heterocycles. The fourth-order valence-corrected chi connectivity index (χ4v) is 6.06. The average molecular weight is 471 g/mol. The first kappa shape index (κ1) is 23.7. The summed E-state index contributed by atoms with van der Waals surface area (Å²) >= 11 is 0. The summed E-state index contributed by atoms with van der Waals surface area (Å²) in [7, 11) is 2.10. The number of carbonyl (C=O) groups is 2. The molecule has 0 spiro atoms. The Labute approximate surface area is 198 Å². The minimum absolute atomic E-state index is 0.0164. The molecule has 7 nitrogen and oxygen atoms in total. The smallest absolute Gasteiger partial charge is 0.319 e. The minimum atomic E-state index is -1.41. The van der Waals surface area contributed by atoms with E-state index in [-0.39, 0.29) is 24.0 Å². The molecule has 2 aliphatic rings. The molecule has 1 saturated heterocycles. The van der Waals surface area contributed by atoms with Crippen molar-refractivity contribution in [2.45, 2.75) is 61.9 Å². The lowest BCUT2D eigenvalue weighted by atomic mass is 9.95. The molecule has 2 aromatic rings. The second kappa shape index (κ2) is 10.7. The van der Waals surface area contributed by atoms with Crippen molar-refractivity contribution in [1.29, 1.82) is 0 Å². The van der Waals surface area contributed by atoms with E-state index in [4.69, 9.17) is 0 Å². The van der Waals surface area contributed by atoms with Gasteiger partial charge < -0.3 is 15.1 Å². The molecule has 0 radical (unpaired) electrons. The Morgan fingerprint density at radius 2 is 1.58 bits per heavy atom. The highest BCUT2D eigenvalue weighted by molar-refractivity contribution is 7.83. The topological polar surface area (TPSA) is 81.8 Å². The molecule has 1 saturated carbocycles. The van der Waals surface area contributed by atoms with Crippen molar-refractivity contribution >= 4 is 33.7 Å². The van der Waals surface area contributed by atoms with Gasteiger partial charge >= 0.3 is 6.03 Å². The molecule has 1 atom stereocenters. The fourth-order valence-electron chi connectivity index (χ4n) is 4.83. The van der Waals surface area contributed by atoms with Crippen LogP contribution in [0.25, 0.3) is 10.8 Å². The van der Waals surface area contributed by atoms with Crippen molar-refractivity contribution in [3.8, 4) is 0 Å². The van der Waals surface area contributed by atoms with Crippen molar-refractivity contribution < 1.29 is 13.8 Å². The number of hydrogen-bond acceptors (Lipinski definition) is 3. The Morgan fingerprint density at radius 3 is 2.24 bits per heavy atom. The first-order valence-corrected chi connectivity index (χ1v) is 13.1. The van der Waals surface area contributed by atoms with Crippen LogP contribution in [0.1, 0.15) is 55.3 Å². The van der Waals surface area contributed by atoms with Crippen LogP contribution in [0.3, 0.4) is 0 Å². The van der Waals surface area contributed by atoms with Gasteiger partial charge in [-0.1, -0.05) is 43.5 Å². The SMILES string of the molecule is CN(C)C(=O)N1CCC(NS(=O)c2ccc(C(=O)NC3CCCCC3)c3ccccc23)CC1. The molecular weight excluding hydrogens is 436 g/mol. The van der Waals surface area contributed by atoms with Gasteiger partial charge in [0.05, 0.1) is 4.90 Å². The van der Waals surface area contributed by atoms with Crippen molar-refractivity contribution in [3.63, 3.8) is 0 Å². The van der Waals surface area contributed by atoms with Gasteiger partial charge in [0.2, 0.25) is 0 Å². The number of piperidine rings is 1. The van der Waals surface area contributed by atoms with Crippen LogP contribution in [0.2, 0.25) is 0 Å². The molecular formula is C25H34N4O3S. The van der Waals surface area contributed by atoms with Gasteiger partial charge in [-0.2, -0.15) is 0 Å². The Balaban J connectivity index is 1.46. The van der Waals surface area contributed by atoms with Crippen LogP contribution >= 0.6 is 0 Å². The van der Waals surface area contributed by atoms with E-state index in [9.17, 15) is 13.8 Å². The summed E-state index contributed by atoms with van der Waals surface area (Å²) < 4.78 is 16.5. The first-order chi connectivity index (χ1) is 15.9. The zero-order valence-electron chi connectivity index (χ0n) is 19.5. The highest BCUT2D eigenvalue weighted by Crippen LogP contribution is 2.26. The Bertz CT molecular complexity index is 1030. The van der Waals surface area contributed by atoms with E-state index in [1.165, 1.54) is 6.42 Å². The second-order valence-corrected chi connectivity index (χ2v) is 10.5. The van der Waals surface area contributed by atoms with Crippen LogP contribution in [0.5, 0.6) is 0 Å².